The minimum Gasteiger partial charge on any atom is -0.443 e. The molecule has 4 unspecified atom stereocenters. The highest BCUT2D eigenvalue weighted by atomic mass is 16.6. The highest BCUT2D eigenvalue weighted by molar-refractivity contribution is 6.08. The Hall–Kier alpha value is -2.71. The molecule has 3 rings (SSSR count). The second-order valence-electron chi connectivity index (χ2n) is 7.96. The van der Waals surface area contributed by atoms with Crippen molar-refractivity contribution in [1.29, 1.82) is 0 Å². The summed E-state index contributed by atoms with van der Waals surface area (Å²) in [5.41, 5.74) is 2.46. The number of hydrogen-bond acceptors (Lipinski definition) is 6. The zero-order valence-electron chi connectivity index (χ0n) is 16.3. The predicted molar refractivity (Wildman–Crippen MR) is 101 cm³/mol. The Balaban J connectivity index is 1.94. The largest absolute Gasteiger partial charge is 0.443 e. The molecule has 1 aromatic rings. The van der Waals surface area contributed by atoms with E-state index in [1.54, 1.807) is 57.2 Å². The lowest BCUT2D eigenvalue weighted by Gasteiger charge is -2.40. The summed E-state index contributed by atoms with van der Waals surface area (Å²) in [7, 11) is 1.41. The smallest absolute Gasteiger partial charge is 0.422 e. The van der Waals surface area contributed by atoms with Crippen LogP contribution in [0.3, 0.4) is 0 Å². The molecule has 8 nitrogen and oxygen atoms in total. The average molecular weight is 387 g/mol. The molecule has 28 heavy (non-hydrogen) atoms. The van der Waals surface area contributed by atoms with Gasteiger partial charge in [-0.15, -0.1) is 0 Å². The van der Waals surface area contributed by atoms with Gasteiger partial charge in [-0.3, -0.25) is 19.9 Å². The Kier molecular flexibility index (Phi) is 5.27. The number of likely N-dealkylation sites (N-methyl/N-ethyl adjacent to an activating group) is 1. The van der Waals surface area contributed by atoms with Gasteiger partial charge in [0.15, 0.2) is 0 Å². The van der Waals surface area contributed by atoms with Gasteiger partial charge in [-0.2, -0.15) is 5.01 Å². The molecular formula is C20H25N3O5. The topological polar surface area (TPSA) is 99.2 Å². The van der Waals surface area contributed by atoms with E-state index < -0.39 is 41.7 Å². The summed E-state index contributed by atoms with van der Waals surface area (Å²) in [5.74, 6) is -1.53. The predicted octanol–water partition coefficient (Wildman–Crippen LogP) is 1.38. The van der Waals surface area contributed by atoms with E-state index in [1.165, 1.54) is 12.1 Å². The Morgan fingerprint density at radius 1 is 1.14 bits per heavy atom. The van der Waals surface area contributed by atoms with Crippen LogP contribution >= 0.6 is 0 Å². The van der Waals surface area contributed by atoms with Crippen LogP contribution in [0.25, 0.3) is 0 Å². The summed E-state index contributed by atoms with van der Waals surface area (Å²) in [6.07, 6.45) is 1.47. The fraction of sp³-hybridized carbons (Fsp3) is 0.450. The van der Waals surface area contributed by atoms with Crippen molar-refractivity contribution in [2.75, 3.05) is 7.05 Å². The van der Waals surface area contributed by atoms with Crippen LogP contribution in [0.4, 0.5) is 4.79 Å². The van der Waals surface area contributed by atoms with E-state index in [2.05, 4.69) is 5.43 Å². The number of aliphatic hydroxyl groups excluding tert-OH is 1. The van der Waals surface area contributed by atoms with Crippen molar-refractivity contribution in [3.8, 4) is 0 Å². The van der Waals surface area contributed by atoms with E-state index in [9.17, 15) is 19.5 Å². The third-order valence-corrected chi connectivity index (χ3v) is 4.76. The fourth-order valence-corrected chi connectivity index (χ4v) is 3.47. The number of nitrogens with zero attached hydrogens (tertiary/aromatic N) is 2. The van der Waals surface area contributed by atoms with Crippen molar-refractivity contribution in [2.24, 2.45) is 5.92 Å². The molecule has 150 valence electrons. The minimum atomic E-state index is -1.03. The van der Waals surface area contributed by atoms with E-state index >= 15 is 0 Å². The van der Waals surface area contributed by atoms with E-state index in [4.69, 9.17) is 4.74 Å². The van der Waals surface area contributed by atoms with E-state index in [-0.39, 0.29) is 5.91 Å². The van der Waals surface area contributed by atoms with Crippen molar-refractivity contribution < 1.29 is 24.2 Å². The number of benzene rings is 1. The molecule has 0 aromatic heterocycles. The maximum atomic E-state index is 12.7. The summed E-state index contributed by atoms with van der Waals surface area (Å²) in [5, 5.41) is 12.2. The van der Waals surface area contributed by atoms with Crippen LogP contribution in [-0.2, 0) is 14.3 Å². The summed E-state index contributed by atoms with van der Waals surface area (Å²) in [4.78, 5) is 38.5. The maximum absolute atomic E-state index is 12.7. The number of carbonyl (C=O) groups is 3. The number of hydrogen-bond donors (Lipinski definition) is 2. The molecule has 1 saturated heterocycles. The molecule has 8 heteroatoms. The van der Waals surface area contributed by atoms with Crippen molar-refractivity contribution >= 4 is 17.9 Å². The van der Waals surface area contributed by atoms with Crippen LogP contribution in [0.2, 0.25) is 0 Å². The number of imide groups is 1. The number of amides is 3. The molecule has 0 saturated carbocycles. The third-order valence-electron chi connectivity index (χ3n) is 4.76. The molecule has 2 aliphatic heterocycles. The summed E-state index contributed by atoms with van der Waals surface area (Å²) >= 11 is 0. The number of carbonyl (C=O) groups excluding carboxylic acids is 3. The Labute approximate surface area is 163 Å². The molecule has 1 aromatic carbocycles. The second-order valence-corrected chi connectivity index (χ2v) is 7.96. The van der Waals surface area contributed by atoms with Gasteiger partial charge in [0.05, 0.1) is 18.1 Å². The van der Waals surface area contributed by atoms with Gasteiger partial charge in [-0.25, -0.2) is 4.79 Å². The first-order valence-electron chi connectivity index (χ1n) is 9.11. The summed E-state index contributed by atoms with van der Waals surface area (Å²) in [6, 6.07) is 7.22. The van der Waals surface area contributed by atoms with Gasteiger partial charge in [0.25, 0.3) is 0 Å². The number of rotatable bonds is 3. The van der Waals surface area contributed by atoms with E-state index in [1.807, 2.05) is 6.07 Å². The highest BCUT2D eigenvalue weighted by Gasteiger charge is 2.53. The molecule has 0 radical (unpaired) electrons. The van der Waals surface area contributed by atoms with E-state index in [0.717, 1.165) is 4.90 Å². The lowest BCUT2D eigenvalue weighted by molar-refractivity contribution is -0.139. The zero-order chi connectivity index (χ0) is 20.6. The molecule has 2 aliphatic rings. The number of likely N-dealkylation sites (tertiary alicyclic amines) is 1. The van der Waals surface area contributed by atoms with Crippen LogP contribution in [0, 0.1) is 5.92 Å². The maximum Gasteiger partial charge on any atom is 0.422 e. The Morgan fingerprint density at radius 3 is 2.39 bits per heavy atom. The van der Waals surface area contributed by atoms with Crippen LogP contribution in [0.15, 0.2) is 42.5 Å². The number of aliphatic hydroxyl groups is 1. The molecule has 2 N–H and O–H groups in total. The number of fused-ring (bicyclic) bond motifs is 1. The number of ether oxygens (including phenoxy) is 1. The molecule has 0 spiro atoms. The van der Waals surface area contributed by atoms with Crippen molar-refractivity contribution in [2.45, 2.75) is 44.6 Å². The van der Waals surface area contributed by atoms with Crippen LogP contribution in [-0.4, -0.2) is 57.7 Å². The first kappa shape index (κ1) is 20.0. The molecule has 0 bridgehead atoms. The number of nitrogens with one attached hydrogen (secondary N) is 1. The quantitative estimate of drug-likeness (QED) is 0.601. The van der Waals surface area contributed by atoms with Gasteiger partial charge < -0.3 is 9.84 Å². The van der Waals surface area contributed by atoms with Gasteiger partial charge >= 0.3 is 6.09 Å². The Bertz CT molecular complexity index is 802. The second kappa shape index (κ2) is 7.37. The standard InChI is InChI=1S/C20H25N3O5/c1-20(2,3)28-19(27)21-23-14(16(24)12-8-6-5-7-9-12)11-10-13-15(23)18(26)22(4)17(13)25/h5-11,13-16,24H,1-4H3,(H,21,27). The van der Waals surface area contributed by atoms with Crippen LogP contribution in [0.1, 0.15) is 32.4 Å². The van der Waals surface area contributed by atoms with Gasteiger partial charge in [-0.1, -0.05) is 42.5 Å². The molecule has 4 atom stereocenters. The van der Waals surface area contributed by atoms with Gasteiger partial charge in [0.1, 0.15) is 11.6 Å². The number of hydrazine groups is 1. The average Bonchev–Trinajstić information content (AvgIpc) is 2.85. The molecular weight excluding hydrogens is 362 g/mol. The third kappa shape index (κ3) is 3.79. The highest BCUT2D eigenvalue weighted by Crippen LogP contribution is 2.34. The normalized spacial score (nSPS) is 26.2. The fourth-order valence-electron chi connectivity index (χ4n) is 3.47. The summed E-state index contributed by atoms with van der Waals surface area (Å²) < 4.78 is 5.30. The summed E-state index contributed by atoms with van der Waals surface area (Å²) in [6.45, 7) is 5.17. The molecule has 1 fully saturated rings. The van der Waals surface area contributed by atoms with E-state index in [0.29, 0.717) is 5.56 Å². The van der Waals surface area contributed by atoms with Crippen molar-refractivity contribution in [1.82, 2.24) is 15.3 Å². The lowest BCUT2D eigenvalue weighted by atomic mass is 9.90. The SMILES string of the molecule is CN1C(=O)C2C=CC(C(O)c3ccccc3)N(NC(=O)OC(C)(C)C)C2C1=O. The monoisotopic (exact) mass is 387 g/mol. The molecule has 3 amide bonds. The van der Waals surface area contributed by atoms with Gasteiger partial charge in [0.2, 0.25) is 11.8 Å². The molecule has 0 aliphatic carbocycles. The minimum absolute atomic E-state index is 0.352. The first-order chi connectivity index (χ1) is 13.1. The molecule has 2 heterocycles. The Morgan fingerprint density at radius 2 is 1.79 bits per heavy atom. The van der Waals surface area contributed by atoms with Crippen LogP contribution in [0.5, 0.6) is 0 Å². The zero-order valence-corrected chi connectivity index (χ0v) is 16.3. The van der Waals surface area contributed by atoms with Crippen molar-refractivity contribution in [3.63, 3.8) is 0 Å². The van der Waals surface area contributed by atoms with Crippen molar-refractivity contribution in [3.05, 3.63) is 48.0 Å². The van der Waals surface area contributed by atoms with Gasteiger partial charge in [-0.05, 0) is 26.3 Å². The lowest BCUT2D eigenvalue weighted by Crippen LogP contribution is -2.60. The first-order valence-corrected chi connectivity index (χ1v) is 9.11. The van der Waals surface area contributed by atoms with Crippen LogP contribution < -0.4 is 5.43 Å². The van der Waals surface area contributed by atoms with Gasteiger partial charge in [0, 0.05) is 7.05 Å².